The standard InChI is InChI=1S/10Na.H6O18P6.H4O7P2/c;;;;;;;;;;1-19(2)13-20(3,4)15-22(7,8)17-24(11,12)18-23(9,10)16-21(5,6)14-19;1-8(2,3)7-9(4,5)6/h;;;;;;;;;;(H,1,2)(H,3,4)(H,5,6)(H,7,8)(H,9,10)(H,11,12);(H2,1,2,3)(H2,4,5,6)/q10*+1;;/p-10. The molecule has 0 spiro atoms. The summed E-state index contributed by atoms with van der Waals surface area (Å²) in [5.74, 6) is 0. The molecule has 0 aromatic carbocycles. The van der Waals surface area contributed by atoms with E-state index >= 15 is 0 Å². The van der Waals surface area contributed by atoms with Crippen molar-refractivity contribution in [3.8, 4) is 0 Å². The number of hydrogen-bond donors (Lipinski definition) is 0. The molecule has 0 amide bonds. The molecule has 25 nitrogen and oxygen atoms in total. The van der Waals surface area contributed by atoms with Crippen LogP contribution in [0.5, 0.6) is 0 Å². The molecule has 0 aliphatic carbocycles. The van der Waals surface area contributed by atoms with Gasteiger partial charge >= 0.3 is 296 Å². The first kappa shape index (κ1) is 82.2. The Morgan fingerprint density at radius 2 is 0.442 bits per heavy atom. The SMILES string of the molecule is O=P([O-])([O-])OP(=O)([O-])[O-].O=P1([O-])OP(=O)([O-])OP(=O)([O-])OP(=O)([O-])OP(=O)([O-])OP(=O)([O-])O1.[Na+].[Na+].[Na+].[Na+].[Na+].[Na+].[Na+].[Na+].[Na+].[Na+]. The van der Waals surface area contributed by atoms with Gasteiger partial charge in [0.05, 0.1) is 15.6 Å². The van der Waals surface area contributed by atoms with Gasteiger partial charge in [-0.2, -0.15) is 0 Å². The predicted molar refractivity (Wildman–Crippen MR) is 68.4 cm³/mol. The molecule has 1 fully saturated rings. The fraction of sp³-hybridized carbons (Fsp3) is 0. The first-order valence-corrected chi connectivity index (χ1v) is 17.5. The Balaban J connectivity index is -0.0000000533. The summed E-state index contributed by atoms with van der Waals surface area (Å²) in [5.41, 5.74) is 0. The van der Waals surface area contributed by atoms with Crippen molar-refractivity contribution >= 4 is 62.6 Å². The van der Waals surface area contributed by atoms with Crippen molar-refractivity contribution in [2.45, 2.75) is 0 Å². The molecule has 1 heterocycles. The smallest absolute Gasteiger partial charge is 0.790 e. The summed E-state index contributed by atoms with van der Waals surface area (Å²) in [6.45, 7) is 0. The van der Waals surface area contributed by atoms with E-state index < -0.39 is 62.6 Å². The van der Waals surface area contributed by atoms with Crippen LogP contribution in [0.1, 0.15) is 0 Å². The monoisotopic (exact) mass is 878 g/mol. The zero-order valence-corrected chi connectivity index (χ0v) is 50.9. The van der Waals surface area contributed by atoms with Gasteiger partial charge in [-0.3, -0.25) is 27.4 Å². The maximum Gasteiger partial charge on any atom is 1.00 e. The summed E-state index contributed by atoms with van der Waals surface area (Å²) < 4.78 is 105. The maximum atomic E-state index is 11.0. The van der Waals surface area contributed by atoms with Gasteiger partial charge in [0.1, 0.15) is 0 Å². The van der Waals surface area contributed by atoms with E-state index in [4.69, 9.17) is 0 Å². The molecular formula is Na10O25P8. The molecule has 0 saturated carbocycles. The molecule has 0 aromatic rings. The predicted octanol–water partition coefficient (Wildman–Crippen LogP) is -36.4. The van der Waals surface area contributed by atoms with Gasteiger partial charge in [-0.1, -0.05) is 0 Å². The molecule has 43 heavy (non-hydrogen) atoms. The van der Waals surface area contributed by atoms with Gasteiger partial charge in [-0.25, -0.2) is 25.9 Å². The second-order valence-corrected chi connectivity index (χ2v) is 15.9. The van der Waals surface area contributed by atoms with Crippen LogP contribution in [0.3, 0.4) is 0 Å². The van der Waals surface area contributed by atoms with Crippen molar-refractivity contribution < 1.29 is 411 Å². The molecule has 1 saturated heterocycles. The molecule has 1 aliphatic heterocycles. The molecule has 0 N–H and O–H groups in total. The van der Waals surface area contributed by atoms with E-state index in [1.54, 1.807) is 0 Å². The van der Waals surface area contributed by atoms with Gasteiger partial charge in [-0.05, 0) is 0 Å². The largest absolute Gasteiger partial charge is 1.00 e. The Morgan fingerprint density at radius 3 is 0.488 bits per heavy atom. The van der Waals surface area contributed by atoms with Crippen LogP contribution in [0.4, 0.5) is 0 Å². The summed E-state index contributed by atoms with van der Waals surface area (Å²) >= 11 is 0. The quantitative estimate of drug-likeness (QED) is 0.184. The average Bonchev–Trinajstić information content (AvgIpc) is 2.20. The van der Waals surface area contributed by atoms with E-state index in [1.165, 1.54) is 0 Å². The van der Waals surface area contributed by atoms with Gasteiger partial charge in [-0.15, -0.1) is 0 Å². The van der Waals surface area contributed by atoms with Crippen molar-refractivity contribution in [3.63, 3.8) is 0 Å². The molecule has 0 aromatic heterocycles. The third-order valence-electron chi connectivity index (χ3n) is 1.40. The van der Waals surface area contributed by atoms with Crippen LogP contribution in [-0.4, -0.2) is 0 Å². The Kier molecular flexibility index (Phi) is 63.1. The summed E-state index contributed by atoms with van der Waals surface area (Å²) in [6.07, 6.45) is 0. The Bertz CT molecular complexity index is 894. The summed E-state index contributed by atoms with van der Waals surface area (Å²) in [7, 11) is -50.7. The zero-order chi connectivity index (χ0) is 26.9. The van der Waals surface area contributed by atoms with Crippen LogP contribution in [-0.2, 0) is 66.7 Å². The molecule has 0 bridgehead atoms. The van der Waals surface area contributed by atoms with Crippen LogP contribution in [0.15, 0.2) is 0 Å². The minimum atomic E-state index is -6.56. The van der Waals surface area contributed by atoms with Crippen molar-refractivity contribution in [1.82, 2.24) is 0 Å². The Morgan fingerprint density at radius 1 is 0.349 bits per heavy atom. The molecule has 0 unspecified atom stereocenters. The van der Waals surface area contributed by atoms with Crippen molar-refractivity contribution in [1.29, 1.82) is 0 Å². The minimum absolute atomic E-state index is 0. The maximum absolute atomic E-state index is 11.0. The van der Waals surface area contributed by atoms with E-state index in [0.29, 0.717) is 0 Å². The summed E-state index contributed by atoms with van der Waals surface area (Å²) in [5, 5.41) is 0. The number of rotatable bonds is 2. The van der Waals surface area contributed by atoms with Gasteiger partial charge in [0, 0.05) is 0 Å². The summed E-state index contributed by atoms with van der Waals surface area (Å²) in [4.78, 5) is 103. The minimum Gasteiger partial charge on any atom is -0.790 e. The van der Waals surface area contributed by atoms with Crippen LogP contribution < -0.4 is 345 Å². The van der Waals surface area contributed by atoms with Crippen molar-refractivity contribution in [2.75, 3.05) is 0 Å². The molecule has 1 aliphatic rings. The topological polar surface area (TPSA) is 432 Å². The molecular weight excluding hydrogens is 878 g/mol. The fourth-order valence-electron chi connectivity index (χ4n) is 0.947. The molecule has 200 valence electrons. The van der Waals surface area contributed by atoms with E-state index in [0.717, 1.165) is 0 Å². The van der Waals surface area contributed by atoms with Crippen molar-refractivity contribution in [3.05, 3.63) is 0 Å². The van der Waals surface area contributed by atoms with Crippen LogP contribution >= 0.6 is 62.6 Å². The first-order chi connectivity index (χ1) is 13.9. The van der Waals surface area contributed by atoms with E-state index in [2.05, 4.69) is 30.2 Å². The van der Waals surface area contributed by atoms with Crippen molar-refractivity contribution in [2.24, 2.45) is 0 Å². The third kappa shape index (κ3) is 49.2. The van der Waals surface area contributed by atoms with Crippen LogP contribution in [0.2, 0.25) is 0 Å². The van der Waals surface area contributed by atoms with E-state index in [-0.39, 0.29) is 296 Å². The first-order valence-electron chi connectivity index (χ1n) is 5.84. The van der Waals surface area contributed by atoms with Gasteiger partial charge in [0.2, 0.25) is 0 Å². The Labute approximate surface area is 463 Å². The zero-order valence-electron chi connectivity index (χ0n) is 23.8. The normalized spacial score (nSPS) is 33.7. The third-order valence-corrected chi connectivity index (χ3v) is 12.6. The molecule has 1 rings (SSSR count). The second kappa shape index (κ2) is 33.0. The molecule has 0 radical (unpaired) electrons. The van der Waals surface area contributed by atoms with Gasteiger partial charge in [0.15, 0.2) is 0 Å². The van der Waals surface area contributed by atoms with Gasteiger partial charge < -0.3 is 62.4 Å². The van der Waals surface area contributed by atoms with Crippen LogP contribution in [0, 0.1) is 0 Å². The summed E-state index contributed by atoms with van der Waals surface area (Å²) in [6, 6.07) is 0. The molecule has 0 atom stereocenters. The van der Waals surface area contributed by atoms with E-state index in [9.17, 15) is 85.5 Å². The van der Waals surface area contributed by atoms with Gasteiger partial charge in [0.25, 0.3) is 46.9 Å². The van der Waals surface area contributed by atoms with Crippen LogP contribution in [0.25, 0.3) is 0 Å². The number of phosphoric acid groups is 8. The number of hydrogen-bond acceptors (Lipinski definition) is 25. The second-order valence-electron chi connectivity index (χ2n) is 4.15. The van der Waals surface area contributed by atoms with E-state index in [1.807, 2.05) is 0 Å². The molecule has 43 heteroatoms. The fourth-order valence-corrected chi connectivity index (χ4v) is 10.1. The Hall–Kier alpha value is 11.2. The average molecular weight is 878 g/mol.